The summed E-state index contributed by atoms with van der Waals surface area (Å²) in [4.78, 5) is 33.5. The van der Waals surface area contributed by atoms with Crippen molar-refractivity contribution >= 4 is 106 Å². The quantitative estimate of drug-likeness (QED) is 0.0973. The largest absolute Gasteiger partial charge is 0.426 e. The Balaban J connectivity index is 1.56. The molecule has 2 nitrogen and oxygen atoms in total. The van der Waals surface area contributed by atoms with Crippen LogP contribution in [0, 0.1) is 0 Å². The van der Waals surface area contributed by atoms with Crippen molar-refractivity contribution in [3.63, 3.8) is 0 Å². The topological polar surface area (TPSA) is 40.5 Å². The first kappa shape index (κ1) is 52.6. The summed E-state index contributed by atoms with van der Waals surface area (Å²) in [7, 11) is -26.5. The summed E-state index contributed by atoms with van der Waals surface area (Å²) < 4.78 is 0. The predicted octanol–water partition coefficient (Wildman–Crippen LogP) is 6.94. The molecule has 0 aliphatic heterocycles. The molecule has 0 aliphatic rings. The summed E-state index contributed by atoms with van der Waals surface area (Å²) in [6.45, 7) is 0. The van der Waals surface area contributed by atoms with Crippen LogP contribution in [0.5, 0.6) is 0 Å². The van der Waals surface area contributed by atoms with Crippen LogP contribution in [0.4, 0.5) is 0 Å². The Morgan fingerprint density at radius 2 is 0.225 bits per heavy atom. The van der Waals surface area contributed by atoms with E-state index in [0.29, 0.717) is 0 Å². The van der Waals surface area contributed by atoms with Gasteiger partial charge in [-0.2, -0.15) is 0 Å². The first-order valence-electron chi connectivity index (χ1n) is 27.6. The Morgan fingerprint density at radius 3 is 0.350 bits per heavy atom. The maximum absolute atomic E-state index is 16.8. The minimum atomic E-state index is -4.45. The smallest absolute Gasteiger partial charge is 0.245 e. The van der Waals surface area contributed by atoms with Crippen LogP contribution in [0.25, 0.3) is 0 Å². The Hall–Kier alpha value is -8.14. The highest BCUT2D eigenvalue weighted by Gasteiger charge is 2.86. The maximum Gasteiger partial charge on any atom is 0.245 e. The highest BCUT2D eigenvalue weighted by atomic mass is 30.0. The number of hydrogen-bond acceptors (Lipinski definition) is 2. The summed E-state index contributed by atoms with van der Waals surface area (Å²) in [6, 6.07) is 136. The third-order valence-corrected chi connectivity index (χ3v) is 104. The van der Waals surface area contributed by atoms with Crippen molar-refractivity contribution in [1.82, 2.24) is 0 Å². The van der Waals surface area contributed by atoms with Gasteiger partial charge < -0.3 is 9.59 Å². The van der Waals surface area contributed by atoms with Crippen LogP contribution in [-0.2, 0) is 0 Å². The molecule has 0 saturated heterocycles. The molecule has 2 N–H and O–H groups in total. The molecule has 0 aliphatic carbocycles. The molecule has 0 unspecified atom stereocenters. The van der Waals surface area contributed by atoms with Gasteiger partial charge in [0.25, 0.3) is 0 Å². The Bertz CT molecular complexity index is 3380. The molecule has 0 heterocycles. The fourth-order valence-corrected chi connectivity index (χ4v) is 156. The summed E-state index contributed by atoms with van der Waals surface area (Å²) in [5, 5.41) is 13.5. The Labute approximate surface area is 476 Å². The lowest BCUT2D eigenvalue weighted by molar-refractivity contribution is 0.588. The second-order valence-electron chi connectivity index (χ2n) is 20.8. The molecule has 0 saturated carbocycles. The monoisotopic (exact) mass is 1130 g/mol. The van der Waals surface area contributed by atoms with Gasteiger partial charge in [-0.05, 0) is 20.7 Å². The van der Waals surface area contributed by atoms with E-state index >= 15 is 9.59 Å². The predicted molar refractivity (Wildman–Crippen MR) is 352 cm³/mol. The average Bonchev–Trinajstić information content (AvgIpc) is 1.91. The van der Waals surface area contributed by atoms with E-state index < -0.39 is 44.1 Å². The van der Waals surface area contributed by atoms with Crippen LogP contribution in [0.2, 0.25) is 0 Å². The summed E-state index contributed by atoms with van der Waals surface area (Å²) in [6.07, 6.45) is 0. The Morgan fingerprint density at radius 1 is 0.125 bits per heavy atom. The van der Waals surface area contributed by atoms with Crippen molar-refractivity contribution in [2.75, 3.05) is 0 Å². The molecule has 0 amide bonds. The van der Waals surface area contributed by atoms with E-state index in [1.165, 1.54) is 41.5 Å². The fourth-order valence-electron chi connectivity index (χ4n) is 14.6. The summed E-state index contributed by atoms with van der Waals surface area (Å²) >= 11 is 0. The third-order valence-electron chi connectivity index (χ3n) is 17.2. The van der Waals surface area contributed by atoms with Gasteiger partial charge in [0, 0.05) is 0 Å². The van der Waals surface area contributed by atoms with Crippen molar-refractivity contribution in [2.24, 2.45) is 0 Å². The lowest BCUT2D eigenvalue weighted by Gasteiger charge is -2.68. The van der Waals surface area contributed by atoms with Crippen molar-refractivity contribution in [1.29, 1.82) is 0 Å². The van der Waals surface area contributed by atoms with E-state index in [-0.39, 0.29) is 0 Å². The van der Waals surface area contributed by atoms with Crippen LogP contribution in [0.3, 0.4) is 0 Å². The molecule has 0 radical (unpaired) electrons. The molecule has 8 heteroatoms. The molecule has 0 bridgehead atoms. The van der Waals surface area contributed by atoms with Gasteiger partial charge >= 0.3 is 0 Å². The minimum Gasteiger partial charge on any atom is -0.426 e. The standard InChI is InChI=1S/C72H62O2Si6/c73-75(61-37-13-1-14-38-61,62-39-15-2-16-40-62)77(65-45-21-5-22-46-65,66-47-23-6-24-48-66)79(69-53-29-9-30-54-69,70-55-31-10-32-56-70)80(71-57-33-11-34-58-71,72-59-35-12-36-60-72)78(67-49-25-7-26-50-67,68-51-27-8-28-52-68)76(74,63-41-17-3-18-42-63)64-43-19-4-20-44-64/h1-60,73-74H. The molecular formula is C72H62O2Si6. The molecule has 0 fully saturated rings. The molecular weight excluding hydrogens is 1070 g/mol. The molecule has 0 atom stereocenters. The van der Waals surface area contributed by atoms with Crippen molar-refractivity contribution in [3.05, 3.63) is 364 Å². The average molecular weight is 1130 g/mol. The van der Waals surface area contributed by atoms with E-state index in [2.05, 4.69) is 364 Å². The van der Waals surface area contributed by atoms with Gasteiger partial charge in [0.2, 0.25) is 15.7 Å². The van der Waals surface area contributed by atoms with Gasteiger partial charge in [-0.3, -0.25) is 0 Å². The van der Waals surface area contributed by atoms with Crippen LogP contribution < -0.4 is 62.2 Å². The first-order valence-corrected chi connectivity index (χ1v) is 44.5. The molecule has 386 valence electrons. The molecule has 0 spiro atoms. The minimum absolute atomic E-state index is 0.962. The number of hydrogen-bond donors (Lipinski definition) is 2. The van der Waals surface area contributed by atoms with Crippen molar-refractivity contribution in [3.8, 4) is 0 Å². The first-order chi connectivity index (χ1) is 39.5. The molecule has 12 aromatic carbocycles. The highest BCUT2D eigenvalue weighted by Crippen LogP contribution is 2.42. The van der Waals surface area contributed by atoms with Gasteiger partial charge in [-0.15, -0.1) is 0 Å². The second kappa shape index (κ2) is 22.5. The van der Waals surface area contributed by atoms with Gasteiger partial charge in [0.1, 0.15) is 14.2 Å². The van der Waals surface area contributed by atoms with Gasteiger partial charge in [-0.25, -0.2) is 0 Å². The molecule has 12 aromatic rings. The van der Waals surface area contributed by atoms with E-state index in [1.807, 2.05) is 0 Å². The number of rotatable bonds is 17. The fraction of sp³-hybridized carbons (Fsp3) is 0. The van der Waals surface area contributed by atoms with Crippen LogP contribution >= 0.6 is 0 Å². The highest BCUT2D eigenvalue weighted by molar-refractivity contribution is 8.11. The van der Waals surface area contributed by atoms with Crippen LogP contribution in [0.1, 0.15) is 0 Å². The Kier molecular flexibility index (Phi) is 14.8. The van der Waals surface area contributed by atoms with Crippen LogP contribution in [0.15, 0.2) is 364 Å². The molecule has 12 rings (SSSR count). The van der Waals surface area contributed by atoms with Crippen molar-refractivity contribution in [2.45, 2.75) is 0 Å². The zero-order valence-corrected chi connectivity index (χ0v) is 50.5. The van der Waals surface area contributed by atoms with Crippen molar-refractivity contribution < 1.29 is 9.59 Å². The lowest BCUT2D eigenvalue weighted by atomic mass is 10.4. The van der Waals surface area contributed by atoms with E-state index in [1.54, 1.807) is 0 Å². The lowest BCUT2D eigenvalue weighted by Crippen LogP contribution is -3.15. The van der Waals surface area contributed by atoms with Gasteiger partial charge in [-0.1, -0.05) is 405 Å². The van der Waals surface area contributed by atoms with E-state index in [0.717, 1.165) is 20.7 Å². The van der Waals surface area contributed by atoms with E-state index in [4.69, 9.17) is 0 Å². The number of benzene rings is 12. The molecule has 0 aromatic heterocycles. The zero-order chi connectivity index (χ0) is 54.4. The second-order valence-corrected chi connectivity index (χ2v) is 64.9. The zero-order valence-electron chi connectivity index (χ0n) is 44.5. The summed E-state index contributed by atoms with van der Waals surface area (Å²) in [5.74, 6) is 0. The maximum atomic E-state index is 16.8. The molecule has 80 heavy (non-hydrogen) atoms. The van der Waals surface area contributed by atoms with Crippen LogP contribution in [-0.4, -0.2) is 53.7 Å². The van der Waals surface area contributed by atoms with Gasteiger partial charge in [0.15, 0.2) is 14.2 Å². The summed E-state index contributed by atoms with van der Waals surface area (Å²) in [5.41, 5.74) is 0. The van der Waals surface area contributed by atoms with E-state index in [9.17, 15) is 0 Å². The SMILES string of the molecule is O[Si](c1ccccc1)(c1ccccc1)[Si](c1ccccc1)(c1ccccc1)[Si](c1ccccc1)(c1ccccc1)[Si](c1ccccc1)(c1ccccc1)[Si](c1ccccc1)(c1ccccc1)[Si](O)(c1ccccc1)c1ccccc1. The van der Waals surface area contributed by atoms with Gasteiger partial charge in [0.05, 0.1) is 0 Å². The normalized spacial score (nSPS) is 12.4. The third kappa shape index (κ3) is 7.89.